The number of hydrogen-bond donors (Lipinski definition) is 2. The summed E-state index contributed by atoms with van der Waals surface area (Å²) in [5.74, 6) is -1.56. The second-order valence-corrected chi connectivity index (χ2v) is 4.47. The fraction of sp³-hybridized carbons (Fsp3) is 0.308. The molecule has 1 atom stereocenters. The zero-order chi connectivity index (χ0) is 12.5. The molecule has 18 heavy (non-hydrogen) atoms. The average Bonchev–Trinajstić information content (AvgIpc) is 3.03. The van der Waals surface area contributed by atoms with Crippen LogP contribution in [0, 0.1) is 11.6 Å². The molecule has 3 rings (SSSR count). The Labute approximate surface area is 103 Å². The lowest BCUT2D eigenvalue weighted by molar-refractivity contribution is 0.483. The van der Waals surface area contributed by atoms with Crippen LogP contribution in [-0.4, -0.2) is 16.7 Å². The van der Waals surface area contributed by atoms with Crippen molar-refractivity contribution in [1.82, 2.24) is 15.5 Å². The molecule has 3 nitrogen and oxygen atoms in total. The summed E-state index contributed by atoms with van der Waals surface area (Å²) < 4.78 is 28.1. The summed E-state index contributed by atoms with van der Waals surface area (Å²) in [6, 6.07) is 3.19. The first-order valence-electron chi connectivity index (χ1n) is 5.98. The molecule has 1 saturated heterocycles. The third-order valence-electron chi connectivity index (χ3n) is 3.36. The number of aromatic amines is 1. The number of rotatable bonds is 2. The quantitative estimate of drug-likeness (QED) is 0.859. The number of nitrogens with zero attached hydrogens (tertiary/aromatic N) is 1. The van der Waals surface area contributed by atoms with Crippen LogP contribution in [0.4, 0.5) is 8.78 Å². The van der Waals surface area contributed by atoms with Gasteiger partial charge in [-0.25, -0.2) is 8.78 Å². The molecule has 2 aromatic rings. The van der Waals surface area contributed by atoms with E-state index in [2.05, 4.69) is 15.5 Å². The van der Waals surface area contributed by atoms with Gasteiger partial charge in [-0.05, 0) is 19.4 Å². The van der Waals surface area contributed by atoms with Crippen LogP contribution >= 0.6 is 0 Å². The van der Waals surface area contributed by atoms with Crippen LogP contribution < -0.4 is 5.32 Å². The molecule has 1 aromatic heterocycles. The van der Waals surface area contributed by atoms with Crippen LogP contribution in [-0.2, 0) is 0 Å². The highest BCUT2D eigenvalue weighted by atomic mass is 19.2. The maximum Gasteiger partial charge on any atom is 0.167 e. The van der Waals surface area contributed by atoms with Crippen LogP contribution in [0.5, 0.6) is 0 Å². The molecule has 0 amide bonds. The van der Waals surface area contributed by atoms with Gasteiger partial charge in [-0.3, -0.25) is 5.10 Å². The Bertz CT molecular complexity index is 546. The third kappa shape index (κ3) is 1.80. The minimum Gasteiger partial charge on any atom is -0.310 e. The maximum atomic E-state index is 14.1. The van der Waals surface area contributed by atoms with Crippen molar-refractivity contribution in [3.05, 3.63) is 41.7 Å². The van der Waals surface area contributed by atoms with Crippen molar-refractivity contribution in [3.63, 3.8) is 0 Å². The third-order valence-corrected chi connectivity index (χ3v) is 3.36. The molecule has 94 valence electrons. The number of benzene rings is 1. The van der Waals surface area contributed by atoms with E-state index in [4.69, 9.17) is 0 Å². The molecule has 0 aliphatic carbocycles. The van der Waals surface area contributed by atoms with Crippen molar-refractivity contribution in [2.75, 3.05) is 6.54 Å². The van der Waals surface area contributed by atoms with Crippen molar-refractivity contribution in [1.29, 1.82) is 0 Å². The first-order valence-corrected chi connectivity index (χ1v) is 5.98. The molecular weight excluding hydrogens is 236 g/mol. The molecule has 0 bridgehead atoms. The van der Waals surface area contributed by atoms with Crippen LogP contribution in [0.15, 0.2) is 24.5 Å². The van der Waals surface area contributed by atoms with E-state index in [9.17, 15) is 8.78 Å². The van der Waals surface area contributed by atoms with Gasteiger partial charge in [-0.2, -0.15) is 5.10 Å². The molecule has 1 aliphatic heterocycles. The summed E-state index contributed by atoms with van der Waals surface area (Å²) in [6.07, 6.45) is 4.87. The molecule has 2 heterocycles. The summed E-state index contributed by atoms with van der Waals surface area (Å²) in [6.45, 7) is 0.856. The van der Waals surface area contributed by atoms with Gasteiger partial charge in [-0.15, -0.1) is 0 Å². The number of hydrogen-bond acceptors (Lipinski definition) is 2. The summed E-state index contributed by atoms with van der Waals surface area (Å²) in [7, 11) is 0. The highest BCUT2D eigenvalue weighted by Gasteiger charge is 2.23. The Morgan fingerprint density at radius 1 is 1.22 bits per heavy atom. The molecule has 1 aromatic carbocycles. The highest BCUT2D eigenvalue weighted by Crippen LogP contribution is 2.31. The van der Waals surface area contributed by atoms with Gasteiger partial charge < -0.3 is 5.32 Å². The summed E-state index contributed by atoms with van der Waals surface area (Å²) in [4.78, 5) is 0. The lowest BCUT2D eigenvalue weighted by atomic mass is 10.00. The fourth-order valence-corrected chi connectivity index (χ4v) is 2.40. The molecule has 1 aliphatic rings. The normalized spacial score (nSPS) is 19.3. The largest absolute Gasteiger partial charge is 0.310 e. The van der Waals surface area contributed by atoms with Crippen LogP contribution in [0.1, 0.15) is 24.4 Å². The molecule has 5 heteroatoms. The molecule has 1 unspecified atom stereocenters. The SMILES string of the molecule is Fc1c(-c2cn[nH]c2)ccc(C2CCCN2)c1F. The standard InChI is InChI=1S/C13H13F2N3/c14-12-9(8-6-17-18-7-8)3-4-10(13(12)15)11-2-1-5-16-11/h3-4,6-7,11,16H,1-2,5H2,(H,17,18). The van der Waals surface area contributed by atoms with Crippen molar-refractivity contribution in [2.24, 2.45) is 0 Å². The predicted molar refractivity (Wildman–Crippen MR) is 63.9 cm³/mol. The van der Waals surface area contributed by atoms with Gasteiger partial charge in [0.2, 0.25) is 0 Å². The number of nitrogens with one attached hydrogen (secondary N) is 2. The van der Waals surface area contributed by atoms with Gasteiger partial charge >= 0.3 is 0 Å². The zero-order valence-electron chi connectivity index (χ0n) is 9.71. The Hall–Kier alpha value is -1.75. The first-order chi connectivity index (χ1) is 8.77. The topological polar surface area (TPSA) is 40.7 Å². The molecular formula is C13H13F2N3. The number of aromatic nitrogens is 2. The Balaban J connectivity index is 2.03. The van der Waals surface area contributed by atoms with E-state index in [1.165, 1.54) is 6.20 Å². The molecule has 0 saturated carbocycles. The predicted octanol–water partition coefficient (Wildman–Crippen LogP) is 2.78. The molecule has 2 N–H and O–H groups in total. The van der Waals surface area contributed by atoms with Gasteiger partial charge in [-0.1, -0.05) is 12.1 Å². The monoisotopic (exact) mass is 249 g/mol. The van der Waals surface area contributed by atoms with Crippen molar-refractivity contribution >= 4 is 0 Å². The minimum atomic E-state index is -0.803. The second kappa shape index (κ2) is 4.49. The van der Waals surface area contributed by atoms with Crippen LogP contribution in [0.25, 0.3) is 11.1 Å². The van der Waals surface area contributed by atoms with Crippen LogP contribution in [0.3, 0.4) is 0 Å². The van der Waals surface area contributed by atoms with Crippen molar-refractivity contribution in [3.8, 4) is 11.1 Å². The van der Waals surface area contributed by atoms with E-state index >= 15 is 0 Å². The minimum absolute atomic E-state index is 0.0714. The molecule has 0 radical (unpaired) electrons. The highest BCUT2D eigenvalue weighted by molar-refractivity contribution is 5.63. The lowest BCUT2D eigenvalue weighted by Gasteiger charge is -2.13. The fourth-order valence-electron chi connectivity index (χ4n) is 2.40. The van der Waals surface area contributed by atoms with E-state index in [0.29, 0.717) is 11.1 Å². The van der Waals surface area contributed by atoms with Crippen molar-refractivity contribution < 1.29 is 8.78 Å². The van der Waals surface area contributed by atoms with E-state index < -0.39 is 11.6 Å². The number of H-pyrrole nitrogens is 1. The Morgan fingerprint density at radius 2 is 2.11 bits per heavy atom. The van der Waals surface area contributed by atoms with Gasteiger partial charge in [0.05, 0.1) is 6.20 Å². The number of halogens is 2. The second-order valence-electron chi connectivity index (χ2n) is 4.47. The zero-order valence-corrected chi connectivity index (χ0v) is 9.71. The Kier molecular flexibility index (Phi) is 2.83. The van der Waals surface area contributed by atoms with Crippen molar-refractivity contribution in [2.45, 2.75) is 18.9 Å². The Morgan fingerprint density at radius 3 is 2.78 bits per heavy atom. The summed E-state index contributed by atoms with van der Waals surface area (Å²) in [5, 5.41) is 9.51. The van der Waals surface area contributed by atoms with E-state index in [-0.39, 0.29) is 11.6 Å². The summed E-state index contributed by atoms with van der Waals surface area (Å²) >= 11 is 0. The van der Waals surface area contributed by atoms with Gasteiger partial charge in [0.1, 0.15) is 0 Å². The lowest BCUT2D eigenvalue weighted by Crippen LogP contribution is -2.15. The molecule has 1 fully saturated rings. The smallest absolute Gasteiger partial charge is 0.167 e. The molecule has 0 spiro atoms. The van der Waals surface area contributed by atoms with E-state index in [1.54, 1.807) is 18.3 Å². The summed E-state index contributed by atoms with van der Waals surface area (Å²) in [5.41, 5.74) is 1.21. The first kappa shape index (κ1) is 11.3. The van der Waals surface area contributed by atoms with Crippen LogP contribution in [0.2, 0.25) is 0 Å². The van der Waals surface area contributed by atoms with E-state index in [1.807, 2.05) is 0 Å². The van der Waals surface area contributed by atoms with Gasteiger partial charge in [0, 0.05) is 28.9 Å². The van der Waals surface area contributed by atoms with Gasteiger partial charge in [0.25, 0.3) is 0 Å². The van der Waals surface area contributed by atoms with E-state index in [0.717, 1.165) is 19.4 Å². The maximum absolute atomic E-state index is 14.1. The average molecular weight is 249 g/mol. The van der Waals surface area contributed by atoms with Gasteiger partial charge in [0.15, 0.2) is 11.6 Å².